The van der Waals surface area contributed by atoms with Gasteiger partial charge in [-0.25, -0.2) is 4.79 Å². The summed E-state index contributed by atoms with van der Waals surface area (Å²) in [5, 5.41) is 10.3. The first-order valence-corrected chi connectivity index (χ1v) is 5.23. The molecule has 16 heavy (non-hydrogen) atoms. The van der Waals surface area contributed by atoms with Crippen LogP contribution >= 0.6 is 11.6 Å². The number of carbonyl (C=O) groups is 1. The number of aliphatic hydroxyl groups is 1. The summed E-state index contributed by atoms with van der Waals surface area (Å²) in [6.45, 7) is 5.45. The number of aliphatic hydroxyl groups excluding tert-OH is 1. The van der Waals surface area contributed by atoms with Crippen LogP contribution in [0.1, 0.15) is 18.6 Å². The summed E-state index contributed by atoms with van der Waals surface area (Å²) in [6, 6.07) is 6.63. The summed E-state index contributed by atoms with van der Waals surface area (Å²) in [5.41, 5.74) is 0.523. The van der Waals surface area contributed by atoms with Gasteiger partial charge in [-0.2, -0.15) is 0 Å². The fourth-order valence-corrected chi connectivity index (χ4v) is 1.41. The van der Waals surface area contributed by atoms with E-state index >= 15 is 0 Å². The van der Waals surface area contributed by atoms with Crippen molar-refractivity contribution >= 4 is 17.6 Å². The van der Waals surface area contributed by atoms with Crippen LogP contribution in [0.4, 0.5) is 0 Å². The molecule has 1 atom stereocenters. The van der Waals surface area contributed by atoms with Gasteiger partial charge in [0.25, 0.3) is 0 Å². The fraction of sp³-hybridized carbons (Fsp3) is 0.250. The van der Waals surface area contributed by atoms with Gasteiger partial charge in [0.05, 0.1) is 12.2 Å². The largest absolute Gasteiger partial charge is 0.463 e. The lowest BCUT2D eigenvalue weighted by molar-refractivity contribution is -0.139. The van der Waals surface area contributed by atoms with Crippen LogP contribution < -0.4 is 0 Å². The second kappa shape index (κ2) is 5.68. The Hall–Kier alpha value is -1.32. The molecule has 0 heterocycles. The zero-order chi connectivity index (χ0) is 12.1. The standard InChI is InChI=1S/C12H13ClO3/c1-3-16-12(15)8(2)11(14)9-5-4-6-10(13)7-9/h4-7,11,14H,2-3H2,1H3. The number of halogens is 1. The molecule has 0 aliphatic heterocycles. The Bertz CT molecular complexity index is 401. The molecule has 0 saturated heterocycles. The van der Waals surface area contributed by atoms with Gasteiger partial charge >= 0.3 is 5.97 Å². The summed E-state index contributed by atoms with van der Waals surface area (Å²) in [6.07, 6.45) is -1.09. The maximum atomic E-state index is 11.3. The third-order valence-corrected chi connectivity index (χ3v) is 2.27. The Morgan fingerprint density at radius 2 is 2.31 bits per heavy atom. The van der Waals surface area contributed by atoms with Crippen LogP contribution in [-0.2, 0) is 9.53 Å². The van der Waals surface area contributed by atoms with E-state index in [1.54, 1.807) is 31.2 Å². The Kier molecular flexibility index (Phi) is 4.52. The van der Waals surface area contributed by atoms with Crippen LogP contribution in [0, 0.1) is 0 Å². The Balaban J connectivity index is 2.82. The molecule has 1 aromatic rings. The highest BCUT2D eigenvalue weighted by Gasteiger charge is 2.19. The summed E-state index contributed by atoms with van der Waals surface area (Å²) < 4.78 is 4.75. The van der Waals surface area contributed by atoms with E-state index in [0.717, 1.165) is 0 Å². The van der Waals surface area contributed by atoms with E-state index in [1.807, 2.05) is 0 Å². The summed E-state index contributed by atoms with van der Waals surface area (Å²) in [5.74, 6) is -0.602. The Morgan fingerprint density at radius 3 is 2.88 bits per heavy atom. The lowest BCUT2D eigenvalue weighted by atomic mass is 10.0. The van der Waals surface area contributed by atoms with Crippen molar-refractivity contribution in [3.05, 3.63) is 47.0 Å². The minimum Gasteiger partial charge on any atom is -0.463 e. The van der Waals surface area contributed by atoms with Gasteiger partial charge in [0.15, 0.2) is 0 Å². The van der Waals surface area contributed by atoms with Gasteiger partial charge < -0.3 is 9.84 Å². The quantitative estimate of drug-likeness (QED) is 0.650. The normalized spacial score (nSPS) is 11.9. The molecular weight excluding hydrogens is 228 g/mol. The highest BCUT2D eigenvalue weighted by atomic mass is 35.5. The maximum absolute atomic E-state index is 11.3. The topological polar surface area (TPSA) is 46.5 Å². The number of rotatable bonds is 4. The van der Waals surface area contributed by atoms with Crippen LogP contribution in [0.5, 0.6) is 0 Å². The monoisotopic (exact) mass is 240 g/mol. The van der Waals surface area contributed by atoms with Crippen LogP contribution in [0.15, 0.2) is 36.4 Å². The second-order valence-corrected chi connectivity index (χ2v) is 3.64. The summed E-state index contributed by atoms with van der Waals surface area (Å²) >= 11 is 5.78. The van der Waals surface area contributed by atoms with E-state index in [4.69, 9.17) is 16.3 Å². The van der Waals surface area contributed by atoms with Crippen molar-refractivity contribution in [2.45, 2.75) is 13.0 Å². The smallest absolute Gasteiger partial charge is 0.336 e. The van der Waals surface area contributed by atoms with Gasteiger partial charge in [0.2, 0.25) is 0 Å². The molecule has 0 bridgehead atoms. The molecule has 0 fully saturated rings. The van der Waals surface area contributed by atoms with Crippen LogP contribution in [0.2, 0.25) is 5.02 Å². The first-order valence-electron chi connectivity index (χ1n) is 4.85. The van der Waals surface area contributed by atoms with E-state index in [-0.39, 0.29) is 12.2 Å². The molecule has 3 nitrogen and oxygen atoms in total. The lowest BCUT2D eigenvalue weighted by Crippen LogP contribution is -2.13. The molecule has 86 valence electrons. The maximum Gasteiger partial charge on any atom is 0.336 e. The van der Waals surface area contributed by atoms with Gasteiger partial charge in [-0.3, -0.25) is 0 Å². The van der Waals surface area contributed by atoms with Crippen LogP contribution in [-0.4, -0.2) is 17.7 Å². The molecule has 0 aliphatic rings. The van der Waals surface area contributed by atoms with E-state index < -0.39 is 12.1 Å². The molecule has 1 unspecified atom stereocenters. The minimum absolute atomic E-state index is 0.00381. The number of ether oxygens (including phenoxy) is 1. The average Bonchev–Trinajstić information content (AvgIpc) is 2.27. The average molecular weight is 241 g/mol. The van der Waals surface area contributed by atoms with Crippen LogP contribution in [0.25, 0.3) is 0 Å². The molecule has 0 aromatic heterocycles. The Labute approximate surface area is 99.3 Å². The molecule has 1 N–H and O–H groups in total. The molecule has 0 radical (unpaired) electrons. The number of esters is 1. The molecule has 0 spiro atoms. The third-order valence-electron chi connectivity index (χ3n) is 2.03. The zero-order valence-electron chi connectivity index (χ0n) is 8.94. The second-order valence-electron chi connectivity index (χ2n) is 3.20. The van der Waals surface area contributed by atoms with Gasteiger partial charge in [0.1, 0.15) is 6.10 Å². The van der Waals surface area contributed by atoms with Crippen molar-refractivity contribution in [1.29, 1.82) is 0 Å². The van der Waals surface area contributed by atoms with Gasteiger partial charge in [-0.1, -0.05) is 30.3 Å². The van der Waals surface area contributed by atoms with Crippen molar-refractivity contribution in [3.8, 4) is 0 Å². The first-order chi connectivity index (χ1) is 7.56. The van der Waals surface area contributed by atoms with Gasteiger partial charge in [-0.15, -0.1) is 0 Å². The predicted octanol–water partition coefficient (Wildman–Crippen LogP) is 2.49. The first kappa shape index (κ1) is 12.7. The minimum atomic E-state index is -1.09. The van der Waals surface area contributed by atoms with E-state index in [2.05, 4.69) is 6.58 Å². The van der Waals surface area contributed by atoms with E-state index in [9.17, 15) is 9.90 Å². The predicted molar refractivity (Wildman–Crippen MR) is 62.2 cm³/mol. The number of hydrogen-bond acceptors (Lipinski definition) is 3. The van der Waals surface area contributed by atoms with Crippen molar-refractivity contribution < 1.29 is 14.6 Å². The fourth-order valence-electron chi connectivity index (χ4n) is 1.21. The van der Waals surface area contributed by atoms with Crippen LogP contribution in [0.3, 0.4) is 0 Å². The number of hydrogen-bond donors (Lipinski definition) is 1. The summed E-state index contributed by atoms with van der Waals surface area (Å²) in [4.78, 5) is 11.3. The summed E-state index contributed by atoms with van der Waals surface area (Å²) in [7, 11) is 0. The molecule has 1 aromatic carbocycles. The number of carbonyl (C=O) groups excluding carboxylic acids is 1. The molecule has 0 amide bonds. The Morgan fingerprint density at radius 1 is 1.62 bits per heavy atom. The highest BCUT2D eigenvalue weighted by Crippen LogP contribution is 2.23. The van der Waals surface area contributed by atoms with Gasteiger partial charge in [-0.05, 0) is 24.6 Å². The van der Waals surface area contributed by atoms with E-state index in [0.29, 0.717) is 10.6 Å². The van der Waals surface area contributed by atoms with Gasteiger partial charge in [0, 0.05) is 5.02 Å². The van der Waals surface area contributed by atoms with Crippen molar-refractivity contribution in [1.82, 2.24) is 0 Å². The molecule has 4 heteroatoms. The third kappa shape index (κ3) is 3.08. The zero-order valence-corrected chi connectivity index (χ0v) is 9.70. The lowest BCUT2D eigenvalue weighted by Gasteiger charge is -2.13. The number of benzene rings is 1. The molecule has 1 rings (SSSR count). The SMILES string of the molecule is C=C(C(=O)OCC)C(O)c1cccc(Cl)c1. The highest BCUT2D eigenvalue weighted by molar-refractivity contribution is 6.30. The molecule has 0 saturated carbocycles. The van der Waals surface area contributed by atoms with E-state index in [1.165, 1.54) is 0 Å². The molecule has 0 aliphatic carbocycles. The van der Waals surface area contributed by atoms with Crippen molar-refractivity contribution in [3.63, 3.8) is 0 Å². The van der Waals surface area contributed by atoms with Crippen molar-refractivity contribution in [2.24, 2.45) is 0 Å². The van der Waals surface area contributed by atoms with Crippen molar-refractivity contribution in [2.75, 3.05) is 6.61 Å². The molecular formula is C12H13ClO3.